The molecule has 1 saturated heterocycles. The van der Waals surface area contributed by atoms with Gasteiger partial charge in [-0.05, 0) is 31.2 Å². The van der Waals surface area contributed by atoms with Gasteiger partial charge in [0.1, 0.15) is 17.4 Å². The largest absolute Gasteiger partial charge is 0.467 e. The fourth-order valence-electron chi connectivity index (χ4n) is 2.82. The van der Waals surface area contributed by atoms with Gasteiger partial charge in [0.2, 0.25) is 5.91 Å². The Labute approximate surface area is 159 Å². The molecule has 7 nitrogen and oxygen atoms in total. The molecule has 1 aromatic heterocycles. The summed E-state index contributed by atoms with van der Waals surface area (Å²) in [6, 6.07) is 6.11. The van der Waals surface area contributed by atoms with Crippen LogP contribution >= 0.6 is 0 Å². The van der Waals surface area contributed by atoms with Crippen LogP contribution in [0.5, 0.6) is 0 Å². The minimum absolute atomic E-state index is 0.0273. The maximum absolute atomic E-state index is 13.6. The maximum Gasteiger partial charge on any atom is 0.312 e. The van der Waals surface area contributed by atoms with Crippen molar-refractivity contribution in [2.24, 2.45) is 5.92 Å². The van der Waals surface area contributed by atoms with Crippen LogP contribution in [0.25, 0.3) is 0 Å². The second-order valence-corrected chi connectivity index (χ2v) is 6.45. The van der Waals surface area contributed by atoms with Crippen LogP contribution in [-0.4, -0.2) is 35.3 Å². The minimum Gasteiger partial charge on any atom is -0.467 e. The lowest BCUT2D eigenvalue weighted by Crippen LogP contribution is -2.33. The summed E-state index contributed by atoms with van der Waals surface area (Å²) in [6.07, 6.45) is 0.248. The highest BCUT2D eigenvalue weighted by Gasteiger charge is 2.37. The van der Waals surface area contributed by atoms with E-state index < -0.39 is 35.5 Å². The molecule has 0 saturated carbocycles. The molecular weight excluding hydrogens is 374 g/mol. The summed E-state index contributed by atoms with van der Waals surface area (Å²) < 4.78 is 36.8. The minimum atomic E-state index is -1.22. The number of hydrogen-bond donors (Lipinski definition) is 1. The van der Waals surface area contributed by atoms with Gasteiger partial charge in [0, 0.05) is 19.0 Å². The van der Waals surface area contributed by atoms with E-state index in [1.807, 2.05) is 0 Å². The highest BCUT2D eigenvalue weighted by molar-refractivity contribution is 5.95. The van der Waals surface area contributed by atoms with Gasteiger partial charge in [-0.3, -0.25) is 14.4 Å². The van der Waals surface area contributed by atoms with Crippen LogP contribution < -0.4 is 5.32 Å². The van der Waals surface area contributed by atoms with Crippen LogP contribution in [0.2, 0.25) is 0 Å². The van der Waals surface area contributed by atoms with Crippen molar-refractivity contribution in [1.29, 1.82) is 0 Å². The van der Waals surface area contributed by atoms with E-state index in [0.29, 0.717) is 11.8 Å². The molecule has 2 atom stereocenters. The summed E-state index contributed by atoms with van der Waals surface area (Å²) in [5, 5.41) is 2.23. The third-order valence-electron chi connectivity index (χ3n) is 4.33. The Hall–Kier alpha value is -3.23. The SMILES string of the molecule is C[C@@H](OC(=O)[C@@H]1CC(=O)N(Cc2ccco2)C1)C(=O)Nc1ccc(F)cc1F. The van der Waals surface area contributed by atoms with Crippen molar-refractivity contribution in [3.05, 3.63) is 54.0 Å². The fraction of sp³-hybridized carbons (Fsp3) is 0.316. The molecule has 0 aliphatic carbocycles. The van der Waals surface area contributed by atoms with Crippen molar-refractivity contribution in [3.63, 3.8) is 0 Å². The van der Waals surface area contributed by atoms with Gasteiger partial charge in [-0.15, -0.1) is 0 Å². The van der Waals surface area contributed by atoms with E-state index in [4.69, 9.17) is 9.15 Å². The molecule has 28 heavy (non-hydrogen) atoms. The number of carbonyl (C=O) groups excluding carboxylic acids is 3. The van der Waals surface area contributed by atoms with Crippen molar-refractivity contribution < 1.29 is 32.3 Å². The second-order valence-electron chi connectivity index (χ2n) is 6.45. The smallest absolute Gasteiger partial charge is 0.312 e. The molecular formula is C19H18F2N2O5. The predicted molar refractivity (Wildman–Crippen MR) is 92.8 cm³/mol. The Morgan fingerprint density at radius 3 is 2.82 bits per heavy atom. The molecule has 0 unspecified atom stereocenters. The number of halogens is 2. The number of likely N-dealkylation sites (tertiary alicyclic amines) is 1. The predicted octanol–water partition coefficient (Wildman–Crippen LogP) is 2.48. The van der Waals surface area contributed by atoms with Crippen LogP contribution in [0.4, 0.5) is 14.5 Å². The molecule has 148 valence electrons. The molecule has 2 aromatic rings. The van der Waals surface area contributed by atoms with Crippen molar-refractivity contribution in [3.8, 4) is 0 Å². The summed E-state index contributed by atoms with van der Waals surface area (Å²) in [5.41, 5.74) is -0.227. The number of nitrogens with one attached hydrogen (secondary N) is 1. The Morgan fingerprint density at radius 1 is 1.36 bits per heavy atom. The van der Waals surface area contributed by atoms with E-state index in [1.54, 1.807) is 12.1 Å². The second kappa shape index (κ2) is 8.20. The van der Waals surface area contributed by atoms with Gasteiger partial charge in [-0.25, -0.2) is 8.78 Å². The first-order chi connectivity index (χ1) is 13.3. The quantitative estimate of drug-likeness (QED) is 0.763. The molecule has 1 fully saturated rings. The average molecular weight is 392 g/mol. The zero-order valence-corrected chi connectivity index (χ0v) is 15.0. The Kier molecular flexibility index (Phi) is 5.72. The first kappa shape index (κ1) is 19.5. The van der Waals surface area contributed by atoms with Crippen LogP contribution in [0.3, 0.4) is 0 Å². The topological polar surface area (TPSA) is 88.9 Å². The first-order valence-electron chi connectivity index (χ1n) is 8.60. The van der Waals surface area contributed by atoms with Crippen LogP contribution in [0.1, 0.15) is 19.1 Å². The molecule has 2 amide bonds. The van der Waals surface area contributed by atoms with E-state index in [-0.39, 0.29) is 31.1 Å². The molecule has 9 heteroatoms. The van der Waals surface area contributed by atoms with E-state index >= 15 is 0 Å². The maximum atomic E-state index is 13.6. The number of carbonyl (C=O) groups is 3. The zero-order valence-electron chi connectivity index (χ0n) is 15.0. The third-order valence-corrected chi connectivity index (χ3v) is 4.33. The standard InChI is InChI=1S/C19H18F2N2O5/c1-11(18(25)22-16-5-4-13(20)8-15(16)21)28-19(26)12-7-17(24)23(9-12)10-14-3-2-6-27-14/h2-6,8,11-12H,7,9-10H2,1H3,(H,22,25)/t11-,12-/m1/s1. The number of ether oxygens (including phenoxy) is 1. The molecule has 1 aliphatic heterocycles. The van der Waals surface area contributed by atoms with Crippen molar-refractivity contribution >= 4 is 23.5 Å². The highest BCUT2D eigenvalue weighted by atomic mass is 19.1. The number of rotatable bonds is 6. The van der Waals surface area contributed by atoms with Gasteiger partial charge in [-0.1, -0.05) is 0 Å². The molecule has 1 aromatic carbocycles. The van der Waals surface area contributed by atoms with Gasteiger partial charge >= 0.3 is 5.97 Å². The number of esters is 1. The summed E-state index contributed by atoms with van der Waals surface area (Å²) in [5.74, 6) is -3.52. The van der Waals surface area contributed by atoms with Crippen LogP contribution in [-0.2, 0) is 25.7 Å². The molecule has 3 rings (SSSR count). The number of benzene rings is 1. The molecule has 1 N–H and O–H groups in total. The summed E-state index contributed by atoms with van der Waals surface area (Å²) in [4.78, 5) is 37.9. The van der Waals surface area contributed by atoms with Gasteiger partial charge < -0.3 is 19.4 Å². The Bertz CT molecular complexity index is 884. The van der Waals surface area contributed by atoms with Crippen molar-refractivity contribution in [1.82, 2.24) is 4.90 Å². The molecule has 1 aliphatic rings. The third kappa shape index (κ3) is 4.54. The number of amides is 2. The van der Waals surface area contributed by atoms with E-state index in [0.717, 1.165) is 12.1 Å². The van der Waals surface area contributed by atoms with Crippen LogP contribution in [0, 0.1) is 17.6 Å². The van der Waals surface area contributed by atoms with E-state index in [9.17, 15) is 23.2 Å². The summed E-state index contributed by atoms with van der Waals surface area (Å²) in [6.45, 7) is 1.72. The molecule has 0 radical (unpaired) electrons. The number of hydrogen-bond acceptors (Lipinski definition) is 5. The van der Waals surface area contributed by atoms with E-state index in [1.165, 1.54) is 18.1 Å². The van der Waals surface area contributed by atoms with Gasteiger partial charge in [0.25, 0.3) is 5.91 Å². The Morgan fingerprint density at radius 2 is 2.14 bits per heavy atom. The highest BCUT2D eigenvalue weighted by Crippen LogP contribution is 2.22. The lowest BCUT2D eigenvalue weighted by molar-refractivity contribution is -0.157. The molecule has 2 heterocycles. The summed E-state index contributed by atoms with van der Waals surface area (Å²) in [7, 11) is 0. The number of furan rings is 1. The van der Waals surface area contributed by atoms with Gasteiger partial charge in [-0.2, -0.15) is 0 Å². The lowest BCUT2D eigenvalue weighted by atomic mass is 10.1. The average Bonchev–Trinajstić information content (AvgIpc) is 3.28. The Balaban J connectivity index is 1.53. The van der Waals surface area contributed by atoms with Crippen molar-refractivity contribution in [2.45, 2.75) is 26.0 Å². The van der Waals surface area contributed by atoms with Gasteiger partial charge in [0.05, 0.1) is 24.4 Å². The molecule has 0 bridgehead atoms. The normalized spacial score (nSPS) is 17.5. The summed E-state index contributed by atoms with van der Waals surface area (Å²) >= 11 is 0. The lowest BCUT2D eigenvalue weighted by Gasteiger charge is -2.17. The van der Waals surface area contributed by atoms with Crippen molar-refractivity contribution in [2.75, 3.05) is 11.9 Å². The van der Waals surface area contributed by atoms with Gasteiger partial charge in [0.15, 0.2) is 6.10 Å². The van der Waals surface area contributed by atoms with E-state index in [2.05, 4.69) is 5.32 Å². The zero-order chi connectivity index (χ0) is 20.3. The first-order valence-corrected chi connectivity index (χ1v) is 8.60. The number of anilines is 1. The monoisotopic (exact) mass is 392 g/mol. The fourth-order valence-corrected chi connectivity index (χ4v) is 2.82. The number of nitrogens with zero attached hydrogens (tertiary/aromatic N) is 1. The molecule has 0 spiro atoms. The van der Waals surface area contributed by atoms with Crippen LogP contribution in [0.15, 0.2) is 41.0 Å².